The zero-order chi connectivity index (χ0) is 22.0. The van der Waals surface area contributed by atoms with E-state index in [-0.39, 0.29) is 46.1 Å². The van der Waals surface area contributed by atoms with E-state index in [0.29, 0.717) is 10.6 Å². The summed E-state index contributed by atoms with van der Waals surface area (Å²) in [5, 5.41) is 2.71. The number of carbonyl (C=O) groups excluding carboxylic acids is 2. The molecule has 2 heterocycles. The first-order valence-corrected chi connectivity index (χ1v) is 9.82. The molecule has 30 heavy (non-hydrogen) atoms. The summed E-state index contributed by atoms with van der Waals surface area (Å²) >= 11 is 18.5. The predicted octanol–water partition coefficient (Wildman–Crippen LogP) is 4.39. The van der Waals surface area contributed by atoms with Crippen LogP contribution in [0.2, 0.25) is 15.2 Å². The number of ether oxygens (including phenoxy) is 2. The van der Waals surface area contributed by atoms with Gasteiger partial charge >= 0.3 is 17.8 Å². The van der Waals surface area contributed by atoms with E-state index in [1.165, 1.54) is 12.1 Å². The van der Waals surface area contributed by atoms with E-state index >= 15 is 0 Å². The highest BCUT2D eigenvalue weighted by atomic mass is 35.5. The fraction of sp³-hybridized carbons (Fsp3) is 0.222. The Balaban J connectivity index is 2.31. The summed E-state index contributed by atoms with van der Waals surface area (Å²) in [5.74, 6) is -0.991. The van der Waals surface area contributed by atoms with E-state index in [1.807, 2.05) is 0 Å². The molecule has 0 saturated heterocycles. The van der Waals surface area contributed by atoms with Crippen molar-refractivity contribution in [2.45, 2.75) is 13.8 Å². The van der Waals surface area contributed by atoms with Crippen LogP contribution in [0.3, 0.4) is 0 Å². The monoisotopic (exact) mass is 472 g/mol. The molecule has 2 aromatic heterocycles. The number of fused-ring (bicyclic) bond motifs is 1. The van der Waals surface area contributed by atoms with Gasteiger partial charge in [0.2, 0.25) is 5.95 Å². The van der Waals surface area contributed by atoms with Crippen LogP contribution in [0.4, 0.5) is 10.7 Å². The smallest absolute Gasteiger partial charge is 0.413 e. The molecule has 0 unspecified atom stereocenters. The number of halogens is 3. The number of aromatic amines is 1. The highest BCUT2D eigenvalue weighted by Gasteiger charge is 2.28. The molecule has 1 aromatic carbocycles. The number of nitrogens with zero attached hydrogens (tertiary/aromatic N) is 2. The zero-order valence-electron chi connectivity index (χ0n) is 15.7. The Hall–Kier alpha value is -2.75. The van der Waals surface area contributed by atoms with Gasteiger partial charge < -0.3 is 9.47 Å². The average Bonchev–Trinajstić information content (AvgIpc) is 2.97. The molecule has 0 aliphatic heterocycles. The largest absolute Gasteiger partial charge is 0.462 e. The van der Waals surface area contributed by atoms with Crippen LogP contribution in [0.5, 0.6) is 0 Å². The second-order valence-electron chi connectivity index (χ2n) is 5.79. The first kappa shape index (κ1) is 21.9. The SMILES string of the molecule is CCOC(=O)Nc1nc2c(C(=O)OCC)c(-c3ccc(Cl)c(Cl)c3)c(Cl)n2c(=O)[nH]1. The molecule has 0 fully saturated rings. The number of nitrogens with one attached hydrogen (secondary N) is 2. The van der Waals surface area contributed by atoms with Crippen LogP contribution in [-0.4, -0.2) is 39.6 Å². The molecular formula is C18H15Cl3N4O5. The van der Waals surface area contributed by atoms with Crippen molar-refractivity contribution in [3.63, 3.8) is 0 Å². The van der Waals surface area contributed by atoms with Gasteiger partial charge in [-0.25, -0.2) is 18.8 Å². The van der Waals surface area contributed by atoms with E-state index in [1.54, 1.807) is 19.9 Å². The van der Waals surface area contributed by atoms with E-state index in [2.05, 4.69) is 15.3 Å². The van der Waals surface area contributed by atoms with Gasteiger partial charge in [-0.2, -0.15) is 4.98 Å². The first-order valence-electron chi connectivity index (χ1n) is 8.69. The molecule has 0 spiro atoms. The van der Waals surface area contributed by atoms with E-state index in [9.17, 15) is 14.4 Å². The van der Waals surface area contributed by atoms with E-state index in [0.717, 1.165) is 4.40 Å². The van der Waals surface area contributed by atoms with Crippen LogP contribution < -0.4 is 11.0 Å². The number of carbonyl (C=O) groups is 2. The molecule has 2 N–H and O–H groups in total. The molecule has 1 amide bonds. The Labute approximate surface area is 184 Å². The molecule has 158 valence electrons. The van der Waals surface area contributed by atoms with Crippen molar-refractivity contribution in [1.82, 2.24) is 14.4 Å². The molecule has 0 aliphatic rings. The molecular weight excluding hydrogens is 459 g/mol. The molecule has 0 saturated carbocycles. The van der Waals surface area contributed by atoms with Gasteiger partial charge in [-0.15, -0.1) is 0 Å². The highest BCUT2D eigenvalue weighted by Crippen LogP contribution is 2.38. The van der Waals surface area contributed by atoms with Gasteiger partial charge in [0.1, 0.15) is 10.7 Å². The fourth-order valence-electron chi connectivity index (χ4n) is 2.75. The number of anilines is 1. The van der Waals surface area contributed by atoms with Crippen molar-refractivity contribution in [2.75, 3.05) is 18.5 Å². The topological polar surface area (TPSA) is 115 Å². The maximum Gasteiger partial charge on any atom is 0.413 e. The highest BCUT2D eigenvalue weighted by molar-refractivity contribution is 6.42. The number of H-pyrrole nitrogens is 1. The third-order valence-electron chi connectivity index (χ3n) is 3.92. The fourth-order valence-corrected chi connectivity index (χ4v) is 3.41. The van der Waals surface area contributed by atoms with Gasteiger partial charge in [0.15, 0.2) is 5.65 Å². The second-order valence-corrected chi connectivity index (χ2v) is 6.96. The van der Waals surface area contributed by atoms with Crippen LogP contribution in [-0.2, 0) is 9.47 Å². The summed E-state index contributed by atoms with van der Waals surface area (Å²) in [7, 11) is 0. The van der Waals surface area contributed by atoms with Gasteiger partial charge in [-0.3, -0.25) is 10.3 Å². The molecule has 9 nitrogen and oxygen atoms in total. The third kappa shape index (κ3) is 4.09. The number of hydrogen-bond donors (Lipinski definition) is 2. The molecule has 0 radical (unpaired) electrons. The molecule has 0 aliphatic carbocycles. The van der Waals surface area contributed by atoms with Gasteiger partial charge in [-0.1, -0.05) is 40.9 Å². The first-order chi connectivity index (χ1) is 14.3. The lowest BCUT2D eigenvalue weighted by Gasteiger charge is -2.07. The van der Waals surface area contributed by atoms with Gasteiger partial charge in [0.05, 0.1) is 23.3 Å². The van der Waals surface area contributed by atoms with E-state index in [4.69, 9.17) is 44.3 Å². The van der Waals surface area contributed by atoms with Crippen LogP contribution >= 0.6 is 34.8 Å². The lowest BCUT2D eigenvalue weighted by molar-refractivity contribution is 0.0529. The Morgan fingerprint density at radius 2 is 1.83 bits per heavy atom. The second kappa shape index (κ2) is 8.95. The quantitative estimate of drug-likeness (QED) is 0.531. The van der Waals surface area contributed by atoms with Crippen LogP contribution in [0.25, 0.3) is 16.8 Å². The summed E-state index contributed by atoms with van der Waals surface area (Å²) in [4.78, 5) is 43.6. The minimum Gasteiger partial charge on any atom is -0.462 e. The van der Waals surface area contributed by atoms with Crippen molar-refractivity contribution in [2.24, 2.45) is 0 Å². The van der Waals surface area contributed by atoms with Crippen molar-refractivity contribution in [1.29, 1.82) is 0 Å². The lowest BCUT2D eigenvalue weighted by atomic mass is 10.0. The summed E-state index contributed by atoms with van der Waals surface area (Å²) in [5.41, 5.74) is -0.329. The van der Waals surface area contributed by atoms with Crippen molar-refractivity contribution in [3.8, 4) is 11.1 Å². The maximum absolute atomic E-state index is 12.7. The minimum atomic E-state index is -0.829. The molecule has 12 heteroatoms. The summed E-state index contributed by atoms with van der Waals surface area (Å²) in [6, 6.07) is 4.61. The van der Waals surface area contributed by atoms with Crippen LogP contribution in [0, 0.1) is 0 Å². The number of rotatable bonds is 5. The number of hydrogen-bond acceptors (Lipinski definition) is 6. The molecule has 0 bridgehead atoms. The third-order valence-corrected chi connectivity index (χ3v) is 5.01. The van der Waals surface area contributed by atoms with Crippen LogP contribution in [0.15, 0.2) is 23.0 Å². The van der Waals surface area contributed by atoms with Crippen molar-refractivity contribution in [3.05, 3.63) is 49.4 Å². The number of benzene rings is 1. The van der Waals surface area contributed by atoms with Crippen LogP contribution in [0.1, 0.15) is 24.2 Å². The number of esters is 1. The van der Waals surface area contributed by atoms with Gasteiger partial charge in [0, 0.05) is 5.56 Å². The van der Waals surface area contributed by atoms with Gasteiger partial charge in [0.25, 0.3) is 0 Å². The Bertz CT molecular complexity index is 1200. The maximum atomic E-state index is 12.7. The van der Waals surface area contributed by atoms with Crippen molar-refractivity contribution >= 4 is 58.5 Å². The molecule has 0 atom stereocenters. The summed E-state index contributed by atoms with van der Waals surface area (Å²) in [6.45, 7) is 3.44. The summed E-state index contributed by atoms with van der Waals surface area (Å²) in [6.07, 6.45) is -0.829. The normalized spacial score (nSPS) is 10.8. The average molecular weight is 474 g/mol. The Morgan fingerprint density at radius 1 is 1.13 bits per heavy atom. The number of aromatic nitrogens is 3. The minimum absolute atomic E-state index is 0.0711. The Kier molecular flexibility index (Phi) is 6.55. The predicted molar refractivity (Wildman–Crippen MR) is 113 cm³/mol. The standard InChI is InChI=1S/C18H15Cl3N4O5/c1-3-29-15(26)12-11(8-5-6-9(19)10(20)7-8)13(21)25-14(12)22-16(23-17(25)27)24-18(28)30-4-2/h5-7H,3-4H2,1-2H3,(H2,22,23,24,27,28). The Morgan fingerprint density at radius 3 is 2.47 bits per heavy atom. The van der Waals surface area contributed by atoms with E-state index < -0.39 is 17.8 Å². The molecule has 3 rings (SSSR count). The lowest BCUT2D eigenvalue weighted by Crippen LogP contribution is -2.23. The zero-order valence-corrected chi connectivity index (χ0v) is 18.0. The summed E-state index contributed by atoms with van der Waals surface area (Å²) < 4.78 is 10.9. The number of amides is 1. The van der Waals surface area contributed by atoms with Gasteiger partial charge in [-0.05, 0) is 31.5 Å². The van der Waals surface area contributed by atoms with Crippen molar-refractivity contribution < 1.29 is 19.1 Å². The molecule has 3 aromatic rings.